The third-order valence-corrected chi connectivity index (χ3v) is 3.74. The van der Waals surface area contributed by atoms with Crippen molar-refractivity contribution in [1.82, 2.24) is 5.32 Å². The summed E-state index contributed by atoms with van der Waals surface area (Å²) >= 11 is 0. The molecule has 0 aliphatic heterocycles. The molecule has 0 amide bonds. The largest absolute Gasteiger partial charge is 0.508 e. The molecule has 1 atom stereocenters. The SMILES string of the molecule is CC(C)(C)CC(C)(C)NC1CCc2cc(O)ccc21. The molecule has 19 heavy (non-hydrogen) atoms. The lowest BCUT2D eigenvalue weighted by atomic mass is 9.81. The van der Waals surface area contributed by atoms with Gasteiger partial charge in [0, 0.05) is 11.6 Å². The maximum Gasteiger partial charge on any atom is 0.115 e. The number of hydrogen-bond acceptors (Lipinski definition) is 2. The maximum atomic E-state index is 9.55. The standard InChI is InChI=1S/C17H27NO/c1-16(2,3)11-17(4,5)18-15-9-6-12-10-13(19)7-8-14(12)15/h7-8,10,15,18-19H,6,9,11H2,1-5H3. The molecule has 0 spiro atoms. The van der Waals surface area contributed by atoms with Crippen molar-refractivity contribution >= 4 is 0 Å². The lowest BCUT2D eigenvalue weighted by Crippen LogP contribution is -2.43. The number of hydrogen-bond donors (Lipinski definition) is 2. The summed E-state index contributed by atoms with van der Waals surface area (Å²) in [6, 6.07) is 6.21. The highest BCUT2D eigenvalue weighted by atomic mass is 16.3. The van der Waals surface area contributed by atoms with E-state index in [-0.39, 0.29) is 5.54 Å². The first-order valence-electron chi connectivity index (χ1n) is 7.26. The van der Waals surface area contributed by atoms with Crippen molar-refractivity contribution in [3.8, 4) is 5.75 Å². The first kappa shape index (κ1) is 14.4. The van der Waals surface area contributed by atoms with Crippen LogP contribution < -0.4 is 5.32 Å². The van der Waals surface area contributed by atoms with Gasteiger partial charge in [-0.25, -0.2) is 0 Å². The highest BCUT2D eigenvalue weighted by molar-refractivity contribution is 5.40. The van der Waals surface area contributed by atoms with Gasteiger partial charge in [0.2, 0.25) is 0 Å². The molecule has 106 valence electrons. The Morgan fingerprint density at radius 2 is 1.89 bits per heavy atom. The third kappa shape index (κ3) is 3.73. The van der Waals surface area contributed by atoms with E-state index in [1.807, 2.05) is 6.07 Å². The molecular weight excluding hydrogens is 234 g/mol. The zero-order chi connectivity index (χ0) is 14.3. The Labute approximate surface area is 117 Å². The van der Waals surface area contributed by atoms with Gasteiger partial charge in [-0.15, -0.1) is 0 Å². The van der Waals surface area contributed by atoms with Crippen LogP contribution >= 0.6 is 0 Å². The van der Waals surface area contributed by atoms with E-state index >= 15 is 0 Å². The van der Waals surface area contributed by atoms with Crippen molar-refractivity contribution in [2.75, 3.05) is 0 Å². The van der Waals surface area contributed by atoms with Crippen LogP contribution in [0.25, 0.3) is 0 Å². The summed E-state index contributed by atoms with van der Waals surface area (Å²) in [5, 5.41) is 13.4. The second kappa shape index (κ2) is 4.82. The molecule has 1 aromatic rings. The van der Waals surface area contributed by atoms with Crippen LogP contribution in [0.5, 0.6) is 5.75 Å². The Morgan fingerprint density at radius 3 is 2.53 bits per heavy atom. The summed E-state index contributed by atoms with van der Waals surface area (Å²) in [5.74, 6) is 0.383. The lowest BCUT2D eigenvalue weighted by molar-refractivity contribution is 0.222. The average molecular weight is 261 g/mol. The molecule has 2 heteroatoms. The molecule has 1 aliphatic rings. The Balaban J connectivity index is 2.10. The number of benzene rings is 1. The van der Waals surface area contributed by atoms with E-state index in [9.17, 15) is 5.11 Å². The predicted molar refractivity (Wildman–Crippen MR) is 80.5 cm³/mol. The molecule has 1 unspecified atom stereocenters. The second-order valence-electron chi connectivity index (χ2n) is 7.74. The molecule has 0 bridgehead atoms. The van der Waals surface area contributed by atoms with E-state index in [2.05, 4.69) is 46.0 Å². The third-order valence-electron chi connectivity index (χ3n) is 3.74. The molecule has 2 N–H and O–H groups in total. The van der Waals surface area contributed by atoms with Gasteiger partial charge in [-0.2, -0.15) is 0 Å². The Bertz CT molecular complexity index is 457. The van der Waals surface area contributed by atoms with Crippen LogP contribution in [0.4, 0.5) is 0 Å². The predicted octanol–water partition coefficient (Wildman–Crippen LogP) is 4.18. The summed E-state index contributed by atoms with van der Waals surface area (Å²) in [5.41, 5.74) is 3.11. The summed E-state index contributed by atoms with van der Waals surface area (Å²) in [7, 11) is 0. The van der Waals surface area contributed by atoms with Gasteiger partial charge in [0.05, 0.1) is 0 Å². The highest BCUT2D eigenvalue weighted by Gasteiger charge is 2.31. The number of fused-ring (bicyclic) bond motifs is 1. The Hall–Kier alpha value is -1.02. The summed E-state index contributed by atoms with van der Waals surface area (Å²) in [4.78, 5) is 0. The van der Waals surface area contributed by atoms with E-state index in [1.165, 1.54) is 11.1 Å². The van der Waals surface area contributed by atoms with Gasteiger partial charge in [0.15, 0.2) is 0 Å². The maximum absolute atomic E-state index is 9.55. The number of aromatic hydroxyl groups is 1. The van der Waals surface area contributed by atoms with Crippen LogP contribution in [0.15, 0.2) is 18.2 Å². The monoisotopic (exact) mass is 261 g/mol. The van der Waals surface area contributed by atoms with Crippen molar-refractivity contribution in [2.24, 2.45) is 5.41 Å². The van der Waals surface area contributed by atoms with Gasteiger partial charge in [0.1, 0.15) is 5.75 Å². The fraction of sp³-hybridized carbons (Fsp3) is 0.647. The molecule has 1 aliphatic carbocycles. The van der Waals surface area contributed by atoms with Crippen molar-refractivity contribution in [3.63, 3.8) is 0 Å². The zero-order valence-electron chi connectivity index (χ0n) is 12.9. The zero-order valence-corrected chi connectivity index (χ0v) is 12.9. The van der Waals surface area contributed by atoms with Crippen molar-refractivity contribution in [2.45, 2.75) is 65.5 Å². The van der Waals surface area contributed by atoms with Crippen LogP contribution in [0, 0.1) is 5.41 Å². The van der Waals surface area contributed by atoms with Crippen LogP contribution in [-0.4, -0.2) is 10.6 Å². The number of nitrogens with one attached hydrogen (secondary N) is 1. The number of phenolic OH excluding ortho intramolecular Hbond substituents is 1. The van der Waals surface area contributed by atoms with E-state index in [4.69, 9.17) is 0 Å². The molecule has 2 rings (SSSR count). The molecule has 0 radical (unpaired) electrons. The normalized spacial score (nSPS) is 19.5. The van der Waals surface area contributed by atoms with E-state index < -0.39 is 0 Å². The smallest absolute Gasteiger partial charge is 0.115 e. The van der Waals surface area contributed by atoms with Gasteiger partial charge in [-0.05, 0) is 61.8 Å². The van der Waals surface area contributed by atoms with Crippen LogP contribution in [0.2, 0.25) is 0 Å². The van der Waals surface area contributed by atoms with Gasteiger partial charge < -0.3 is 10.4 Å². The molecule has 2 nitrogen and oxygen atoms in total. The average Bonchev–Trinajstić information content (AvgIpc) is 2.56. The van der Waals surface area contributed by atoms with Crippen molar-refractivity contribution < 1.29 is 5.11 Å². The van der Waals surface area contributed by atoms with E-state index in [1.54, 1.807) is 6.07 Å². The molecular formula is C17H27NO. The first-order valence-corrected chi connectivity index (χ1v) is 7.26. The summed E-state index contributed by atoms with van der Waals surface area (Å²) in [6.07, 6.45) is 3.34. The topological polar surface area (TPSA) is 32.3 Å². The molecule has 0 heterocycles. The summed E-state index contributed by atoms with van der Waals surface area (Å²) < 4.78 is 0. The minimum absolute atomic E-state index is 0.127. The van der Waals surface area contributed by atoms with Crippen LogP contribution in [0.1, 0.15) is 64.6 Å². The molecule has 0 saturated carbocycles. The van der Waals surface area contributed by atoms with E-state index in [0.717, 1.165) is 19.3 Å². The van der Waals surface area contributed by atoms with Crippen molar-refractivity contribution in [1.29, 1.82) is 0 Å². The van der Waals surface area contributed by atoms with Crippen LogP contribution in [-0.2, 0) is 6.42 Å². The van der Waals surface area contributed by atoms with Gasteiger partial charge in [-0.3, -0.25) is 0 Å². The highest BCUT2D eigenvalue weighted by Crippen LogP contribution is 2.36. The molecule has 0 saturated heterocycles. The Morgan fingerprint density at radius 1 is 1.21 bits per heavy atom. The first-order chi connectivity index (χ1) is 8.66. The molecule has 1 aromatic carbocycles. The number of phenols is 1. The van der Waals surface area contributed by atoms with Gasteiger partial charge >= 0.3 is 0 Å². The fourth-order valence-electron chi connectivity index (χ4n) is 3.60. The number of aryl methyl sites for hydroxylation is 1. The molecule has 0 fully saturated rings. The van der Waals surface area contributed by atoms with Crippen molar-refractivity contribution in [3.05, 3.63) is 29.3 Å². The second-order valence-corrected chi connectivity index (χ2v) is 7.74. The minimum atomic E-state index is 0.127. The van der Waals surface area contributed by atoms with Crippen LogP contribution in [0.3, 0.4) is 0 Å². The van der Waals surface area contributed by atoms with Gasteiger partial charge in [-0.1, -0.05) is 26.8 Å². The van der Waals surface area contributed by atoms with E-state index in [0.29, 0.717) is 17.2 Å². The lowest BCUT2D eigenvalue weighted by Gasteiger charge is -2.36. The number of rotatable bonds is 3. The Kier molecular flexibility index (Phi) is 3.65. The summed E-state index contributed by atoms with van der Waals surface area (Å²) in [6.45, 7) is 11.4. The minimum Gasteiger partial charge on any atom is -0.508 e. The molecule has 0 aromatic heterocycles. The quantitative estimate of drug-likeness (QED) is 0.855. The fourth-order valence-corrected chi connectivity index (χ4v) is 3.60. The van der Waals surface area contributed by atoms with Gasteiger partial charge in [0.25, 0.3) is 0 Å².